The SMILES string of the molecule is CCCCN(C(=O)OC(C)(C)C)c1ncccc1C(=O)CCCNC(=O)OC(C)(C)C. The number of Topliss-reactive ketones (excluding diaryl/α,β-unsaturated/α-hetero) is 1. The lowest BCUT2D eigenvalue weighted by Gasteiger charge is -2.27. The van der Waals surface area contributed by atoms with Crippen molar-refractivity contribution in [1.82, 2.24) is 10.3 Å². The van der Waals surface area contributed by atoms with Crippen LogP contribution in [0.1, 0.15) is 84.5 Å². The standard InChI is InChI=1S/C23H37N3O5/c1-8-9-16-26(21(29)31-23(5,6)7)19-17(12-10-14-24-19)18(27)13-11-15-25-20(28)30-22(2,3)4/h10,12,14H,8-9,11,13,15-16H2,1-7H3,(H,25,28). The highest BCUT2D eigenvalue weighted by Gasteiger charge is 2.27. The minimum atomic E-state index is -0.659. The number of hydrogen-bond acceptors (Lipinski definition) is 6. The molecule has 0 fully saturated rings. The van der Waals surface area contributed by atoms with Crippen LogP contribution in [0.4, 0.5) is 15.4 Å². The fourth-order valence-electron chi connectivity index (χ4n) is 2.63. The van der Waals surface area contributed by atoms with Gasteiger partial charge in [0.2, 0.25) is 0 Å². The molecule has 31 heavy (non-hydrogen) atoms. The molecule has 1 aromatic heterocycles. The second kappa shape index (κ2) is 11.7. The molecule has 1 heterocycles. The van der Waals surface area contributed by atoms with Gasteiger partial charge in [-0.25, -0.2) is 14.6 Å². The van der Waals surface area contributed by atoms with Crippen LogP contribution in [-0.4, -0.2) is 47.2 Å². The fraction of sp³-hybridized carbons (Fsp3) is 0.652. The predicted octanol–water partition coefficient (Wildman–Crippen LogP) is 5.11. The number of aromatic nitrogens is 1. The lowest BCUT2D eigenvalue weighted by molar-refractivity contribution is 0.0523. The van der Waals surface area contributed by atoms with Crippen LogP contribution in [0.3, 0.4) is 0 Å². The van der Waals surface area contributed by atoms with Gasteiger partial charge in [-0.1, -0.05) is 13.3 Å². The zero-order chi connectivity index (χ0) is 23.7. The Morgan fingerprint density at radius 3 is 2.26 bits per heavy atom. The average Bonchev–Trinajstić information content (AvgIpc) is 2.63. The third kappa shape index (κ3) is 10.3. The summed E-state index contributed by atoms with van der Waals surface area (Å²) in [5.41, 5.74) is -0.871. The molecule has 8 heteroatoms. The van der Waals surface area contributed by atoms with Gasteiger partial charge in [0.05, 0.1) is 5.56 Å². The minimum absolute atomic E-state index is 0.154. The molecule has 1 N–H and O–H groups in total. The van der Waals surface area contributed by atoms with E-state index in [1.807, 2.05) is 6.92 Å². The number of amides is 2. The molecule has 0 bridgehead atoms. The van der Waals surface area contributed by atoms with Crippen molar-refractivity contribution in [3.05, 3.63) is 23.9 Å². The van der Waals surface area contributed by atoms with Gasteiger partial charge in [0, 0.05) is 25.7 Å². The van der Waals surface area contributed by atoms with Crippen molar-refractivity contribution >= 4 is 23.8 Å². The van der Waals surface area contributed by atoms with Crippen LogP contribution >= 0.6 is 0 Å². The lowest BCUT2D eigenvalue weighted by atomic mass is 10.1. The van der Waals surface area contributed by atoms with Crippen molar-refractivity contribution in [3.8, 4) is 0 Å². The maximum absolute atomic E-state index is 12.9. The summed E-state index contributed by atoms with van der Waals surface area (Å²) in [7, 11) is 0. The first kappa shape index (κ1) is 26.4. The number of nitrogens with zero attached hydrogens (tertiary/aromatic N) is 2. The van der Waals surface area contributed by atoms with Crippen LogP contribution in [0.2, 0.25) is 0 Å². The monoisotopic (exact) mass is 435 g/mol. The summed E-state index contributed by atoms with van der Waals surface area (Å²) in [6, 6.07) is 3.33. The molecule has 2 amide bonds. The van der Waals surface area contributed by atoms with Crippen LogP contribution in [-0.2, 0) is 9.47 Å². The number of anilines is 1. The maximum Gasteiger partial charge on any atom is 0.416 e. The van der Waals surface area contributed by atoms with Crippen molar-refractivity contribution in [1.29, 1.82) is 0 Å². The third-order valence-electron chi connectivity index (χ3n) is 3.94. The second-order valence-electron chi connectivity index (χ2n) is 9.32. The first-order valence-corrected chi connectivity index (χ1v) is 10.8. The van der Waals surface area contributed by atoms with Crippen molar-refractivity contribution in [2.75, 3.05) is 18.0 Å². The van der Waals surface area contributed by atoms with Crippen molar-refractivity contribution in [3.63, 3.8) is 0 Å². The van der Waals surface area contributed by atoms with Gasteiger partial charge < -0.3 is 14.8 Å². The van der Waals surface area contributed by atoms with Gasteiger partial charge in [0.1, 0.15) is 17.0 Å². The van der Waals surface area contributed by atoms with E-state index in [2.05, 4.69) is 10.3 Å². The molecule has 8 nitrogen and oxygen atoms in total. The molecule has 0 spiro atoms. The molecule has 174 valence electrons. The number of nitrogens with one attached hydrogen (secondary N) is 1. The Balaban J connectivity index is 2.85. The fourth-order valence-corrected chi connectivity index (χ4v) is 2.63. The Morgan fingerprint density at radius 2 is 1.68 bits per heavy atom. The molecule has 1 aromatic rings. The van der Waals surface area contributed by atoms with E-state index in [4.69, 9.17) is 9.47 Å². The first-order valence-electron chi connectivity index (χ1n) is 10.8. The van der Waals surface area contributed by atoms with E-state index < -0.39 is 23.4 Å². The number of ether oxygens (including phenoxy) is 2. The maximum atomic E-state index is 12.9. The van der Waals surface area contributed by atoms with E-state index in [0.717, 1.165) is 12.8 Å². The summed E-state index contributed by atoms with van der Waals surface area (Å²) < 4.78 is 10.7. The van der Waals surface area contributed by atoms with Crippen LogP contribution in [0, 0.1) is 0 Å². The predicted molar refractivity (Wildman–Crippen MR) is 121 cm³/mol. The Kier molecular flexibility index (Phi) is 9.94. The molecule has 0 radical (unpaired) electrons. The van der Waals surface area contributed by atoms with E-state index in [0.29, 0.717) is 30.9 Å². The van der Waals surface area contributed by atoms with Gasteiger partial charge >= 0.3 is 12.2 Å². The molecule has 1 rings (SSSR count). The highest BCUT2D eigenvalue weighted by molar-refractivity contribution is 6.03. The number of alkyl carbamates (subject to hydrolysis) is 1. The van der Waals surface area contributed by atoms with Gasteiger partial charge in [-0.2, -0.15) is 0 Å². The number of unbranched alkanes of at least 4 members (excludes halogenated alkanes) is 1. The van der Waals surface area contributed by atoms with Crippen molar-refractivity contribution in [2.45, 2.75) is 85.4 Å². The summed E-state index contributed by atoms with van der Waals surface area (Å²) in [4.78, 5) is 43.1. The highest BCUT2D eigenvalue weighted by Crippen LogP contribution is 2.23. The van der Waals surface area contributed by atoms with E-state index in [1.165, 1.54) is 4.90 Å². The largest absolute Gasteiger partial charge is 0.444 e. The molecule has 0 aromatic carbocycles. The van der Waals surface area contributed by atoms with Crippen LogP contribution in [0.25, 0.3) is 0 Å². The average molecular weight is 436 g/mol. The van der Waals surface area contributed by atoms with E-state index >= 15 is 0 Å². The first-order chi connectivity index (χ1) is 14.3. The van der Waals surface area contributed by atoms with Gasteiger partial charge in [-0.05, 0) is 66.5 Å². The zero-order valence-electron chi connectivity index (χ0n) is 19.9. The van der Waals surface area contributed by atoms with Crippen molar-refractivity contribution < 1.29 is 23.9 Å². The van der Waals surface area contributed by atoms with Crippen LogP contribution in [0.5, 0.6) is 0 Å². The van der Waals surface area contributed by atoms with Gasteiger partial charge in [-0.15, -0.1) is 0 Å². The Morgan fingerprint density at radius 1 is 1.03 bits per heavy atom. The number of ketones is 1. The Bertz CT molecular complexity index is 750. The number of rotatable bonds is 9. The molecule has 0 saturated heterocycles. The third-order valence-corrected chi connectivity index (χ3v) is 3.94. The highest BCUT2D eigenvalue weighted by atomic mass is 16.6. The number of carbonyl (C=O) groups is 3. The summed E-state index contributed by atoms with van der Waals surface area (Å²) in [6.45, 7) is 13.5. The topological polar surface area (TPSA) is 97.8 Å². The van der Waals surface area contributed by atoms with Gasteiger partial charge in [-0.3, -0.25) is 9.69 Å². The molecular formula is C23H37N3O5. The smallest absolute Gasteiger partial charge is 0.416 e. The van der Waals surface area contributed by atoms with Crippen LogP contribution in [0.15, 0.2) is 18.3 Å². The van der Waals surface area contributed by atoms with E-state index in [-0.39, 0.29) is 12.2 Å². The van der Waals surface area contributed by atoms with E-state index in [9.17, 15) is 14.4 Å². The van der Waals surface area contributed by atoms with Crippen LogP contribution < -0.4 is 10.2 Å². The summed E-state index contributed by atoms with van der Waals surface area (Å²) >= 11 is 0. The minimum Gasteiger partial charge on any atom is -0.444 e. The lowest BCUT2D eigenvalue weighted by Crippen LogP contribution is -2.38. The summed E-state index contributed by atoms with van der Waals surface area (Å²) in [5, 5.41) is 2.64. The Labute approximate surface area is 185 Å². The number of carbonyl (C=O) groups excluding carboxylic acids is 3. The van der Waals surface area contributed by atoms with Gasteiger partial charge in [0.25, 0.3) is 0 Å². The molecule has 0 aliphatic carbocycles. The molecule has 0 aliphatic heterocycles. The quantitative estimate of drug-likeness (QED) is 0.427. The Hall–Kier alpha value is -2.64. The molecule has 0 aliphatic rings. The molecule has 0 atom stereocenters. The van der Waals surface area contributed by atoms with Gasteiger partial charge in [0.15, 0.2) is 5.78 Å². The summed E-state index contributed by atoms with van der Waals surface area (Å²) in [6.07, 6.45) is 2.78. The number of hydrogen-bond donors (Lipinski definition) is 1. The second-order valence-corrected chi connectivity index (χ2v) is 9.32. The summed E-state index contributed by atoms with van der Waals surface area (Å²) in [5.74, 6) is 0.148. The number of pyridine rings is 1. The molecular weight excluding hydrogens is 398 g/mol. The normalized spacial score (nSPS) is 11.6. The van der Waals surface area contributed by atoms with E-state index in [1.54, 1.807) is 59.9 Å². The van der Waals surface area contributed by atoms with Crippen molar-refractivity contribution in [2.24, 2.45) is 0 Å². The zero-order valence-corrected chi connectivity index (χ0v) is 19.9. The molecule has 0 unspecified atom stereocenters. The molecule has 0 saturated carbocycles.